The number of aromatic nitrogens is 4. The fourth-order valence-electron chi connectivity index (χ4n) is 1.67. The molecular formula is C11H16N6. The van der Waals surface area contributed by atoms with E-state index < -0.39 is 0 Å². The highest BCUT2D eigenvalue weighted by Crippen LogP contribution is 2.19. The number of nitrogens with two attached hydrogens (primary N) is 1. The maximum Gasteiger partial charge on any atom is 0.137 e. The molecule has 0 saturated heterocycles. The van der Waals surface area contributed by atoms with Crippen molar-refractivity contribution in [1.82, 2.24) is 19.5 Å². The Labute approximate surface area is 100 Å². The van der Waals surface area contributed by atoms with E-state index >= 15 is 0 Å². The van der Waals surface area contributed by atoms with Gasteiger partial charge in [0.1, 0.15) is 23.8 Å². The maximum atomic E-state index is 5.76. The normalized spacial score (nSPS) is 10.5. The third-order valence-corrected chi connectivity index (χ3v) is 2.76. The van der Waals surface area contributed by atoms with Crippen LogP contribution in [-0.2, 0) is 13.6 Å². The van der Waals surface area contributed by atoms with E-state index in [1.807, 2.05) is 36.7 Å². The van der Waals surface area contributed by atoms with Crippen LogP contribution in [-0.4, -0.2) is 26.6 Å². The second kappa shape index (κ2) is 4.40. The van der Waals surface area contributed by atoms with Crippen molar-refractivity contribution in [2.75, 3.05) is 17.7 Å². The van der Waals surface area contributed by atoms with Crippen molar-refractivity contribution in [2.24, 2.45) is 7.05 Å². The third-order valence-electron chi connectivity index (χ3n) is 2.76. The summed E-state index contributed by atoms with van der Waals surface area (Å²) in [4.78, 5) is 14.5. The van der Waals surface area contributed by atoms with Crippen molar-refractivity contribution in [3.8, 4) is 0 Å². The number of nitrogens with zero attached hydrogens (tertiary/aromatic N) is 5. The van der Waals surface area contributed by atoms with Gasteiger partial charge in [-0.1, -0.05) is 0 Å². The first kappa shape index (κ1) is 11.4. The van der Waals surface area contributed by atoms with Crippen LogP contribution in [0.3, 0.4) is 0 Å². The molecule has 6 heteroatoms. The lowest BCUT2D eigenvalue weighted by molar-refractivity contribution is 0.752. The molecule has 0 aliphatic rings. The molecule has 6 nitrogen and oxygen atoms in total. The SMILES string of the molecule is Cc1c(N)ncnc1N(C)Cc1nccn1C. The molecule has 0 aliphatic heterocycles. The standard InChI is InChI=1S/C11H16N6/c1-8-10(12)14-7-15-11(8)17(3)6-9-13-4-5-16(9)2/h4-5,7H,6H2,1-3H3,(H2,12,14,15). The number of hydrogen-bond donors (Lipinski definition) is 1. The lowest BCUT2D eigenvalue weighted by Crippen LogP contribution is -2.21. The Bertz CT molecular complexity index is 518. The minimum atomic E-state index is 0.515. The van der Waals surface area contributed by atoms with Crippen LogP contribution in [0, 0.1) is 6.92 Å². The summed E-state index contributed by atoms with van der Waals surface area (Å²) in [5.74, 6) is 2.33. The molecule has 2 heterocycles. The first-order chi connectivity index (χ1) is 8.09. The van der Waals surface area contributed by atoms with Crippen molar-refractivity contribution in [1.29, 1.82) is 0 Å². The molecule has 2 aromatic rings. The molecule has 0 atom stereocenters. The van der Waals surface area contributed by atoms with Crippen LogP contribution in [0.1, 0.15) is 11.4 Å². The smallest absolute Gasteiger partial charge is 0.137 e. The molecule has 17 heavy (non-hydrogen) atoms. The van der Waals surface area contributed by atoms with Gasteiger partial charge >= 0.3 is 0 Å². The molecule has 0 saturated carbocycles. The molecule has 0 fully saturated rings. The lowest BCUT2D eigenvalue weighted by atomic mass is 10.3. The van der Waals surface area contributed by atoms with Crippen molar-refractivity contribution in [3.63, 3.8) is 0 Å². The molecule has 2 N–H and O–H groups in total. The van der Waals surface area contributed by atoms with Gasteiger partial charge in [-0.15, -0.1) is 0 Å². The molecule has 90 valence electrons. The monoisotopic (exact) mass is 232 g/mol. The zero-order valence-electron chi connectivity index (χ0n) is 10.3. The average Bonchev–Trinajstić information content (AvgIpc) is 2.68. The zero-order chi connectivity index (χ0) is 12.4. The predicted molar refractivity (Wildman–Crippen MR) is 66.5 cm³/mol. The Balaban J connectivity index is 2.23. The van der Waals surface area contributed by atoms with E-state index in [2.05, 4.69) is 15.0 Å². The summed E-state index contributed by atoms with van der Waals surface area (Å²) < 4.78 is 1.98. The predicted octanol–water partition coefficient (Wildman–Crippen LogP) is 0.737. The highest BCUT2D eigenvalue weighted by atomic mass is 15.2. The summed E-state index contributed by atoms with van der Waals surface area (Å²) in [6.45, 7) is 2.60. The minimum Gasteiger partial charge on any atom is -0.383 e. The van der Waals surface area contributed by atoms with Crippen molar-refractivity contribution in [3.05, 3.63) is 30.1 Å². The fraction of sp³-hybridized carbons (Fsp3) is 0.364. The fourth-order valence-corrected chi connectivity index (χ4v) is 1.67. The van der Waals surface area contributed by atoms with E-state index in [-0.39, 0.29) is 0 Å². The number of rotatable bonds is 3. The van der Waals surface area contributed by atoms with Crippen molar-refractivity contribution >= 4 is 11.6 Å². The van der Waals surface area contributed by atoms with E-state index in [1.165, 1.54) is 6.33 Å². The Morgan fingerprint density at radius 1 is 1.35 bits per heavy atom. The lowest BCUT2D eigenvalue weighted by Gasteiger charge is -2.19. The Morgan fingerprint density at radius 3 is 2.76 bits per heavy atom. The van der Waals surface area contributed by atoms with Gasteiger partial charge in [0.05, 0.1) is 6.54 Å². The molecule has 0 aliphatic carbocycles. The van der Waals surface area contributed by atoms with Gasteiger partial charge in [-0.3, -0.25) is 0 Å². The van der Waals surface area contributed by atoms with E-state index in [0.29, 0.717) is 12.4 Å². The number of anilines is 2. The molecule has 2 rings (SSSR count). The van der Waals surface area contributed by atoms with Crippen LogP contribution < -0.4 is 10.6 Å². The summed E-state index contributed by atoms with van der Waals surface area (Å²) in [5, 5.41) is 0. The summed E-state index contributed by atoms with van der Waals surface area (Å²) in [7, 11) is 3.93. The summed E-state index contributed by atoms with van der Waals surface area (Å²) >= 11 is 0. The van der Waals surface area contributed by atoms with Gasteiger partial charge in [0, 0.05) is 32.1 Å². The highest BCUT2D eigenvalue weighted by molar-refractivity contribution is 5.55. The molecule has 0 bridgehead atoms. The van der Waals surface area contributed by atoms with Gasteiger partial charge in [-0.25, -0.2) is 15.0 Å². The molecule has 2 aromatic heterocycles. The number of nitrogen functional groups attached to an aromatic ring is 1. The van der Waals surface area contributed by atoms with Crippen molar-refractivity contribution < 1.29 is 0 Å². The van der Waals surface area contributed by atoms with Crippen molar-refractivity contribution in [2.45, 2.75) is 13.5 Å². The zero-order valence-corrected chi connectivity index (χ0v) is 10.3. The van der Waals surface area contributed by atoms with Gasteiger partial charge < -0.3 is 15.2 Å². The summed E-state index contributed by atoms with van der Waals surface area (Å²) in [6, 6.07) is 0. The van der Waals surface area contributed by atoms with Gasteiger partial charge in [0.2, 0.25) is 0 Å². The van der Waals surface area contributed by atoms with E-state index in [4.69, 9.17) is 5.73 Å². The van der Waals surface area contributed by atoms with Gasteiger partial charge in [0.25, 0.3) is 0 Å². The first-order valence-corrected chi connectivity index (χ1v) is 5.34. The van der Waals surface area contributed by atoms with Gasteiger partial charge in [-0.05, 0) is 6.92 Å². The Kier molecular flexibility index (Phi) is 2.95. The molecule has 0 unspecified atom stereocenters. The van der Waals surface area contributed by atoms with Crippen LogP contribution in [0.2, 0.25) is 0 Å². The largest absolute Gasteiger partial charge is 0.383 e. The highest BCUT2D eigenvalue weighted by Gasteiger charge is 2.11. The van der Waals surface area contributed by atoms with E-state index in [1.54, 1.807) is 6.20 Å². The average molecular weight is 232 g/mol. The minimum absolute atomic E-state index is 0.515. The van der Waals surface area contributed by atoms with Crippen LogP contribution in [0.4, 0.5) is 11.6 Å². The van der Waals surface area contributed by atoms with Crippen LogP contribution in [0.15, 0.2) is 18.7 Å². The molecule has 0 amide bonds. The first-order valence-electron chi connectivity index (χ1n) is 5.34. The van der Waals surface area contributed by atoms with Crippen LogP contribution in [0.25, 0.3) is 0 Å². The molecule has 0 aromatic carbocycles. The second-order valence-corrected chi connectivity index (χ2v) is 4.02. The van der Waals surface area contributed by atoms with Crippen LogP contribution >= 0.6 is 0 Å². The van der Waals surface area contributed by atoms with Gasteiger partial charge in [-0.2, -0.15) is 0 Å². The molecule has 0 spiro atoms. The number of imidazole rings is 1. The van der Waals surface area contributed by atoms with Crippen LogP contribution in [0.5, 0.6) is 0 Å². The maximum absolute atomic E-state index is 5.76. The van der Waals surface area contributed by atoms with E-state index in [0.717, 1.165) is 17.2 Å². The third kappa shape index (κ3) is 2.20. The van der Waals surface area contributed by atoms with Gasteiger partial charge in [0.15, 0.2) is 0 Å². The second-order valence-electron chi connectivity index (χ2n) is 4.02. The quantitative estimate of drug-likeness (QED) is 0.844. The Morgan fingerprint density at radius 2 is 2.12 bits per heavy atom. The van der Waals surface area contributed by atoms with E-state index in [9.17, 15) is 0 Å². The topological polar surface area (TPSA) is 72.9 Å². The summed E-state index contributed by atoms with van der Waals surface area (Å²) in [5.41, 5.74) is 6.66. The number of aryl methyl sites for hydroxylation is 1. The summed E-state index contributed by atoms with van der Waals surface area (Å²) in [6.07, 6.45) is 5.18. The number of hydrogen-bond acceptors (Lipinski definition) is 5. The molecular weight excluding hydrogens is 216 g/mol. The Hall–Kier alpha value is -2.11. The molecule has 0 radical (unpaired) electrons.